The van der Waals surface area contributed by atoms with Gasteiger partial charge in [-0.3, -0.25) is 4.79 Å². The number of aliphatic hydroxyl groups excluding tert-OH is 2. The second kappa shape index (κ2) is 5.14. The lowest BCUT2D eigenvalue weighted by atomic mass is 9.98. The van der Waals surface area contributed by atoms with Gasteiger partial charge in [0, 0.05) is 5.56 Å². The van der Waals surface area contributed by atoms with Crippen LogP contribution in [0, 0.1) is 6.92 Å². The molecule has 5 nitrogen and oxygen atoms in total. The summed E-state index contributed by atoms with van der Waals surface area (Å²) in [6.45, 7) is 2.91. The first-order valence-electron chi connectivity index (χ1n) is 5.17. The normalized spacial score (nSPS) is 11.5. The highest BCUT2D eigenvalue weighted by molar-refractivity contribution is 5.93. The van der Waals surface area contributed by atoms with Crippen molar-refractivity contribution in [2.45, 2.75) is 25.8 Å². The second-order valence-corrected chi connectivity index (χ2v) is 3.84. The highest BCUT2D eigenvalue weighted by atomic mass is 16.3. The molecular weight excluding hydrogens is 210 g/mol. The van der Waals surface area contributed by atoms with Crippen LogP contribution < -0.4 is 5.32 Å². The number of amides is 1. The van der Waals surface area contributed by atoms with Crippen LogP contribution in [0.1, 0.15) is 29.5 Å². The highest BCUT2D eigenvalue weighted by Crippen LogP contribution is 2.13. The molecule has 0 aromatic carbocycles. The molecule has 0 radical (unpaired) electrons. The molecule has 0 aliphatic carbocycles. The molecule has 1 aromatic heterocycles. The Kier molecular flexibility index (Phi) is 4.09. The van der Waals surface area contributed by atoms with E-state index in [1.807, 2.05) is 0 Å². The number of hydrogen-bond donors (Lipinski definition) is 3. The van der Waals surface area contributed by atoms with Crippen LogP contribution in [0.5, 0.6) is 0 Å². The summed E-state index contributed by atoms with van der Waals surface area (Å²) in [7, 11) is 0. The largest absolute Gasteiger partial charge is 0.459 e. The van der Waals surface area contributed by atoms with Crippen LogP contribution in [-0.2, 0) is 0 Å². The van der Waals surface area contributed by atoms with Crippen molar-refractivity contribution in [3.8, 4) is 0 Å². The van der Waals surface area contributed by atoms with Crippen molar-refractivity contribution in [3.05, 3.63) is 23.7 Å². The lowest BCUT2D eigenvalue weighted by Crippen LogP contribution is -2.53. The molecule has 90 valence electrons. The minimum absolute atomic E-state index is 0.208. The Morgan fingerprint density at radius 1 is 1.50 bits per heavy atom. The second-order valence-electron chi connectivity index (χ2n) is 3.84. The Morgan fingerprint density at radius 3 is 2.50 bits per heavy atom. The molecule has 3 N–H and O–H groups in total. The van der Waals surface area contributed by atoms with Crippen molar-refractivity contribution in [2.24, 2.45) is 0 Å². The van der Waals surface area contributed by atoms with Crippen LogP contribution in [0.3, 0.4) is 0 Å². The zero-order valence-electron chi connectivity index (χ0n) is 9.49. The summed E-state index contributed by atoms with van der Waals surface area (Å²) >= 11 is 0. The summed E-state index contributed by atoms with van der Waals surface area (Å²) in [5.74, 6) is -0.216. The first-order valence-corrected chi connectivity index (χ1v) is 5.17. The van der Waals surface area contributed by atoms with E-state index in [1.165, 1.54) is 6.26 Å². The molecular formula is C11H17NO4. The van der Waals surface area contributed by atoms with Gasteiger partial charge in [0.25, 0.3) is 5.91 Å². The number of hydrogen-bond acceptors (Lipinski definition) is 4. The summed E-state index contributed by atoms with van der Waals surface area (Å²) < 4.78 is 5.03. The minimum atomic E-state index is -0.990. The van der Waals surface area contributed by atoms with E-state index >= 15 is 0 Å². The van der Waals surface area contributed by atoms with Gasteiger partial charge in [-0.25, -0.2) is 0 Å². The summed E-state index contributed by atoms with van der Waals surface area (Å²) in [6, 6.07) is 1.68. The van der Waals surface area contributed by atoms with E-state index in [4.69, 9.17) is 4.42 Å². The number of carbonyl (C=O) groups excluding carboxylic acids is 1. The predicted octanol–water partition coefficient (Wildman–Crippen LogP) is 0.451. The number of nitrogens with one attached hydrogen (secondary N) is 1. The van der Waals surface area contributed by atoms with Crippen LogP contribution in [0.25, 0.3) is 0 Å². The first-order chi connectivity index (χ1) is 7.58. The predicted molar refractivity (Wildman–Crippen MR) is 58.1 cm³/mol. The molecule has 1 aromatic rings. The summed E-state index contributed by atoms with van der Waals surface area (Å²) in [6.07, 6.45) is 1.86. The van der Waals surface area contributed by atoms with Gasteiger partial charge in [-0.1, -0.05) is 6.92 Å². The van der Waals surface area contributed by atoms with E-state index in [1.54, 1.807) is 19.9 Å². The zero-order chi connectivity index (χ0) is 12.2. The van der Waals surface area contributed by atoms with Crippen LogP contribution in [0.2, 0.25) is 0 Å². The topological polar surface area (TPSA) is 82.7 Å². The van der Waals surface area contributed by atoms with E-state index in [-0.39, 0.29) is 19.0 Å². The number of rotatable bonds is 5. The Morgan fingerprint density at radius 2 is 2.12 bits per heavy atom. The smallest absolute Gasteiger partial charge is 0.287 e. The van der Waals surface area contributed by atoms with Crippen molar-refractivity contribution >= 4 is 5.91 Å². The van der Waals surface area contributed by atoms with Crippen LogP contribution in [0.4, 0.5) is 0 Å². The maximum atomic E-state index is 11.8. The van der Waals surface area contributed by atoms with E-state index in [2.05, 4.69) is 5.32 Å². The van der Waals surface area contributed by atoms with Gasteiger partial charge >= 0.3 is 0 Å². The van der Waals surface area contributed by atoms with Crippen molar-refractivity contribution in [1.82, 2.24) is 5.32 Å². The van der Waals surface area contributed by atoms with Gasteiger partial charge in [-0.05, 0) is 19.4 Å². The van der Waals surface area contributed by atoms with Crippen LogP contribution in [0.15, 0.2) is 16.7 Å². The molecule has 0 atom stereocenters. The fraction of sp³-hybridized carbons (Fsp3) is 0.545. The average molecular weight is 227 g/mol. The van der Waals surface area contributed by atoms with Gasteiger partial charge in [0.2, 0.25) is 0 Å². The molecule has 1 rings (SSSR count). The standard InChI is InChI=1S/C11H17NO4/c1-3-11(6-13,7-14)12-10(15)9-8(2)4-5-16-9/h4-5,13-14H,3,6-7H2,1-2H3,(H,12,15). The van der Waals surface area contributed by atoms with E-state index in [0.717, 1.165) is 5.56 Å². The fourth-order valence-electron chi connectivity index (χ4n) is 1.34. The Hall–Kier alpha value is -1.33. The number of furan rings is 1. The van der Waals surface area contributed by atoms with Gasteiger partial charge in [-0.2, -0.15) is 0 Å². The van der Waals surface area contributed by atoms with E-state index in [9.17, 15) is 15.0 Å². The maximum absolute atomic E-state index is 11.8. The van der Waals surface area contributed by atoms with Crippen molar-refractivity contribution in [1.29, 1.82) is 0 Å². The monoisotopic (exact) mass is 227 g/mol. The van der Waals surface area contributed by atoms with Crippen molar-refractivity contribution in [2.75, 3.05) is 13.2 Å². The lowest BCUT2D eigenvalue weighted by molar-refractivity contribution is 0.0631. The minimum Gasteiger partial charge on any atom is -0.459 e. The molecule has 0 spiro atoms. The fourth-order valence-corrected chi connectivity index (χ4v) is 1.34. The maximum Gasteiger partial charge on any atom is 0.287 e. The highest BCUT2D eigenvalue weighted by Gasteiger charge is 2.30. The van der Waals surface area contributed by atoms with Gasteiger partial charge in [0.15, 0.2) is 5.76 Å². The quantitative estimate of drug-likeness (QED) is 0.682. The molecule has 16 heavy (non-hydrogen) atoms. The summed E-state index contributed by atoms with van der Waals surface area (Å²) in [5.41, 5.74) is -0.269. The summed E-state index contributed by atoms with van der Waals surface area (Å²) in [5, 5.41) is 21.0. The third-order valence-electron chi connectivity index (χ3n) is 2.73. The Bertz CT molecular complexity index is 346. The van der Waals surface area contributed by atoms with Crippen LogP contribution in [-0.4, -0.2) is 34.9 Å². The molecule has 1 amide bonds. The molecule has 0 aliphatic rings. The lowest BCUT2D eigenvalue weighted by Gasteiger charge is -2.29. The van der Waals surface area contributed by atoms with Gasteiger partial charge in [0.05, 0.1) is 25.0 Å². The Labute approximate surface area is 94.1 Å². The van der Waals surface area contributed by atoms with E-state index < -0.39 is 11.4 Å². The van der Waals surface area contributed by atoms with Gasteiger partial charge in [-0.15, -0.1) is 0 Å². The summed E-state index contributed by atoms with van der Waals surface area (Å²) in [4.78, 5) is 11.8. The molecule has 0 unspecified atom stereocenters. The SMILES string of the molecule is CCC(CO)(CO)NC(=O)c1occc1C. The van der Waals surface area contributed by atoms with Crippen molar-refractivity contribution in [3.63, 3.8) is 0 Å². The molecule has 0 aliphatic heterocycles. The molecule has 0 bridgehead atoms. The average Bonchev–Trinajstić information content (AvgIpc) is 2.72. The van der Waals surface area contributed by atoms with Crippen molar-refractivity contribution < 1.29 is 19.4 Å². The Balaban J connectivity index is 2.81. The van der Waals surface area contributed by atoms with E-state index in [0.29, 0.717) is 6.42 Å². The molecule has 0 saturated carbocycles. The molecule has 0 saturated heterocycles. The number of aryl methyl sites for hydroxylation is 1. The zero-order valence-corrected chi connectivity index (χ0v) is 9.49. The molecule has 0 fully saturated rings. The van der Waals surface area contributed by atoms with Gasteiger partial charge < -0.3 is 19.9 Å². The molecule has 1 heterocycles. The first kappa shape index (κ1) is 12.7. The number of aliphatic hydroxyl groups is 2. The van der Waals surface area contributed by atoms with Gasteiger partial charge in [0.1, 0.15) is 0 Å². The third-order valence-corrected chi connectivity index (χ3v) is 2.73. The molecule has 5 heteroatoms. The number of carbonyl (C=O) groups is 1. The van der Waals surface area contributed by atoms with Crippen LogP contribution >= 0.6 is 0 Å². The third kappa shape index (κ3) is 2.43.